The van der Waals surface area contributed by atoms with E-state index in [0.717, 1.165) is 18.2 Å². The lowest BCUT2D eigenvalue weighted by molar-refractivity contribution is 0.242. The van der Waals surface area contributed by atoms with Crippen molar-refractivity contribution in [2.24, 2.45) is 11.7 Å². The molecular formula is C17H27N3. The Balaban J connectivity index is 1.98. The van der Waals surface area contributed by atoms with Crippen molar-refractivity contribution in [1.29, 1.82) is 0 Å². The Bertz CT molecular complexity index is 481. The van der Waals surface area contributed by atoms with Crippen LogP contribution in [-0.2, 0) is 6.54 Å². The second-order valence-corrected chi connectivity index (χ2v) is 6.53. The first-order chi connectivity index (χ1) is 9.70. The van der Waals surface area contributed by atoms with Crippen molar-refractivity contribution in [2.45, 2.75) is 65.0 Å². The van der Waals surface area contributed by atoms with Crippen LogP contribution in [0.3, 0.4) is 0 Å². The van der Waals surface area contributed by atoms with Gasteiger partial charge in [0.15, 0.2) is 0 Å². The summed E-state index contributed by atoms with van der Waals surface area (Å²) in [7, 11) is 0. The molecular weight excluding hydrogens is 246 g/mol. The topological polar surface area (TPSA) is 42.1 Å². The van der Waals surface area contributed by atoms with Gasteiger partial charge in [0.1, 0.15) is 5.82 Å². The van der Waals surface area contributed by atoms with Gasteiger partial charge in [-0.1, -0.05) is 12.8 Å². The third kappa shape index (κ3) is 2.44. The van der Waals surface area contributed by atoms with Crippen molar-refractivity contribution >= 4 is 5.82 Å². The smallest absolute Gasteiger partial charge is 0.133 e. The Hall–Kier alpha value is -1.09. The quantitative estimate of drug-likeness (QED) is 0.899. The van der Waals surface area contributed by atoms with Crippen LogP contribution in [0, 0.1) is 19.8 Å². The Morgan fingerprint density at radius 2 is 1.95 bits per heavy atom. The van der Waals surface area contributed by atoms with Crippen LogP contribution in [0.4, 0.5) is 5.82 Å². The third-order valence-corrected chi connectivity index (χ3v) is 5.17. The molecule has 0 aromatic carbocycles. The number of rotatable bonds is 2. The van der Waals surface area contributed by atoms with Crippen LogP contribution in [0.2, 0.25) is 0 Å². The summed E-state index contributed by atoms with van der Waals surface area (Å²) in [4.78, 5) is 7.46. The van der Waals surface area contributed by atoms with E-state index in [1.807, 2.05) is 0 Å². The minimum Gasteiger partial charge on any atom is -0.353 e. The molecule has 2 N–H and O–H groups in total. The van der Waals surface area contributed by atoms with Gasteiger partial charge in [-0.15, -0.1) is 0 Å². The van der Waals surface area contributed by atoms with Crippen LogP contribution in [0.15, 0.2) is 6.07 Å². The van der Waals surface area contributed by atoms with Gasteiger partial charge in [-0.05, 0) is 57.1 Å². The van der Waals surface area contributed by atoms with Crippen LogP contribution in [-0.4, -0.2) is 17.6 Å². The molecule has 2 heterocycles. The molecule has 0 bridgehead atoms. The number of nitrogens with zero attached hydrogens (tertiary/aromatic N) is 2. The molecule has 110 valence electrons. The predicted molar refractivity (Wildman–Crippen MR) is 83.9 cm³/mol. The summed E-state index contributed by atoms with van der Waals surface area (Å²) in [6, 6.07) is 2.87. The lowest BCUT2D eigenvalue weighted by Crippen LogP contribution is -2.47. The predicted octanol–water partition coefficient (Wildman–Crippen LogP) is 3.32. The summed E-state index contributed by atoms with van der Waals surface area (Å²) in [5.74, 6) is 2.06. The minimum absolute atomic E-state index is 0.600. The maximum absolute atomic E-state index is 6.01. The highest BCUT2D eigenvalue weighted by atomic mass is 15.2. The van der Waals surface area contributed by atoms with Gasteiger partial charge in [-0.2, -0.15) is 0 Å². The van der Waals surface area contributed by atoms with E-state index in [0.29, 0.717) is 12.6 Å². The zero-order valence-corrected chi connectivity index (χ0v) is 12.9. The highest BCUT2D eigenvalue weighted by Crippen LogP contribution is 2.38. The van der Waals surface area contributed by atoms with E-state index in [-0.39, 0.29) is 0 Å². The molecule has 3 rings (SSSR count). The summed E-state index contributed by atoms with van der Waals surface area (Å²) < 4.78 is 0. The first-order valence-corrected chi connectivity index (χ1v) is 8.14. The lowest BCUT2D eigenvalue weighted by atomic mass is 9.78. The van der Waals surface area contributed by atoms with Gasteiger partial charge >= 0.3 is 0 Å². The van der Waals surface area contributed by atoms with E-state index < -0.39 is 0 Å². The van der Waals surface area contributed by atoms with E-state index in [1.54, 1.807) is 0 Å². The molecule has 2 atom stereocenters. The number of piperidine rings is 1. The average molecular weight is 273 g/mol. The van der Waals surface area contributed by atoms with Gasteiger partial charge in [0.25, 0.3) is 0 Å². The van der Waals surface area contributed by atoms with Crippen LogP contribution in [0.1, 0.15) is 55.3 Å². The number of anilines is 1. The van der Waals surface area contributed by atoms with Crippen molar-refractivity contribution in [3.05, 3.63) is 22.9 Å². The third-order valence-electron chi connectivity index (χ3n) is 5.17. The molecule has 3 nitrogen and oxygen atoms in total. The van der Waals surface area contributed by atoms with Crippen molar-refractivity contribution in [1.82, 2.24) is 4.98 Å². The Labute approximate surface area is 122 Å². The molecule has 1 aromatic rings. The van der Waals surface area contributed by atoms with Crippen LogP contribution >= 0.6 is 0 Å². The fraction of sp³-hybridized carbons (Fsp3) is 0.706. The molecule has 1 aliphatic heterocycles. The standard InChI is InChI=1S/C17H27N3/c1-12-10-13(2)19-17(15(12)11-18)20-9-5-7-14-6-3-4-8-16(14)20/h10,14,16H,3-9,11,18H2,1-2H3. The van der Waals surface area contributed by atoms with E-state index in [9.17, 15) is 0 Å². The molecule has 1 aromatic heterocycles. The SMILES string of the molecule is Cc1cc(C)c(CN)c(N2CCCC3CCCCC32)n1. The molecule has 3 heteroatoms. The number of hydrogen-bond acceptors (Lipinski definition) is 3. The van der Waals surface area contributed by atoms with E-state index in [2.05, 4.69) is 24.8 Å². The molecule has 0 amide bonds. The lowest BCUT2D eigenvalue weighted by Gasteiger charge is -2.45. The number of fused-ring (bicyclic) bond motifs is 1. The van der Waals surface area contributed by atoms with E-state index >= 15 is 0 Å². The largest absolute Gasteiger partial charge is 0.353 e. The first kappa shape index (κ1) is 13.9. The van der Waals surface area contributed by atoms with Gasteiger partial charge in [0, 0.05) is 30.4 Å². The number of hydrogen-bond donors (Lipinski definition) is 1. The molecule has 2 fully saturated rings. The summed E-state index contributed by atoms with van der Waals surface area (Å²) >= 11 is 0. The Morgan fingerprint density at radius 3 is 2.75 bits per heavy atom. The van der Waals surface area contributed by atoms with E-state index in [4.69, 9.17) is 10.7 Å². The molecule has 0 spiro atoms. The molecule has 2 aliphatic rings. The average Bonchev–Trinajstić information content (AvgIpc) is 2.46. The van der Waals surface area contributed by atoms with Crippen LogP contribution in [0.5, 0.6) is 0 Å². The highest BCUT2D eigenvalue weighted by molar-refractivity contribution is 5.53. The van der Waals surface area contributed by atoms with Gasteiger partial charge in [0.2, 0.25) is 0 Å². The van der Waals surface area contributed by atoms with Gasteiger partial charge in [-0.25, -0.2) is 4.98 Å². The highest BCUT2D eigenvalue weighted by Gasteiger charge is 2.34. The summed E-state index contributed by atoms with van der Waals surface area (Å²) in [5, 5.41) is 0. The second-order valence-electron chi connectivity index (χ2n) is 6.53. The summed E-state index contributed by atoms with van der Waals surface area (Å²) in [6.45, 7) is 6.02. The van der Waals surface area contributed by atoms with Crippen molar-refractivity contribution in [3.63, 3.8) is 0 Å². The zero-order valence-electron chi connectivity index (χ0n) is 12.9. The number of pyridine rings is 1. The summed E-state index contributed by atoms with van der Waals surface area (Å²) in [5.41, 5.74) is 9.68. The van der Waals surface area contributed by atoms with Gasteiger partial charge in [-0.3, -0.25) is 0 Å². The van der Waals surface area contributed by atoms with Crippen molar-refractivity contribution in [3.8, 4) is 0 Å². The van der Waals surface area contributed by atoms with Gasteiger partial charge < -0.3 is 10.6 Å². The number of aromatic nitrogens is 1. The van der Waals surface area contributed by atoms with Crippen LogP contribution in [0.25, 0.3) is 0 Å². The molecule has 1 saturated carbocycles. The molecule has 20 heavy (non-hydrogen) atoms. The zero-order chi connectivity index (χ0) is 14.1. The van der Waals surface area contributed by atoms with Crippen LogP contribution < -0.4 is 10.6 Å². The first-order valence-electron chi connectivity index (χ1n) is 8.14. The normalized spacial score (nSPS) is 26.4. The monoisotopic (exact) mass is 273 g/mol. The fourth-order valence-electron chi connectivity index (χ4n) is 4.22. The maximum Gasteiger partial charge on any atom is 0.133 e. The summed E-state index contributed by atoms with van der Waals surface area (Å²) in [6.07, 6.45) is 8.25. The van der Waals surface area contributed by atoms with Gasteiger partial charge in [0.05, 0.1) is 0 Å². The number of aryl methyl sites for hydroxylation is 2. The van der Waals surface area contributed by atoms with Crippen molar-refractivity contribution < 1.29 is 0 Å². The maximum atomic E-state index is 6.01. The number of nitrogens with two attached hydrogens (primary N) is 1. The molecule has 0 radical (unpaired) electrons. The molecule has 1 saturated heterocycles. The fourth-order valence-corrected chi connectivity index (χ4v) is 4.22. The second kappa shape index (κ2) is 5.72. The van der Waals surface area contributed by atoms with E-state index in [1.165, 1.54) is 55.5 Å². The Morgan fingerprint density at radius 1 is 1.20 bits per heavy atom. The Kier molecular flexibility index (Phi) is 3.97. The minimum atomic E-state index is 0.600. The van der Waals surface area contributed by atoms with Crippen molar-refractivity contribution in [2.75, 3.05) is 11.4 Å². The molecule has 2 unspecified atom stereocenters. The molecule has 1 aliphatic carbocycles.